The minimum absolute atomic E-state index is 0.113. The number of rotatable bonds is 4. The normalized spacial score (nSPS) is 25.5. The summed E-state index contributed by atoms with van der Waals surface area (Å²) in [6, 6.07) is -0.790. The summed E-state index contributed by atoms with van der Waals surface area (Å²) >= 11 is 2.05. The number of carbonyl (C=O) groups is 1. The molecule has 2 saturated heterocycles. The van der Waals surface area contributed by atoms with Crippen LogP contribution in [0.3, 0.4) is 0 Å². The molecule has 5 nitrogen and oxygen atoms in total. The molecule has 2 aliphatic heterocycles. The first-order chi connectivity index (χ1) is 9.85. The van der Waals surface area contributed by atoms with Crippen LogP contribution >= 0.6 is 11.8 Å². The van der Waals surface area contributed by atoms with Crippen LogP contribution in [0.25, 0.3) is 0 Å². The van der Waals surface area contributed by atoms with Crippen molar-refractivity contribution in [2.24, 2.45) is 11.7 Å². The van der Waals surface area contributed by atoms with Gasteiger partial charge in [-0.3, -0.25) is 9.69 Å². The molecule has 2 rings (SSSR count). The lowest BCUT2D eigenvalue weighted by Crippen LogP contribution is -2.56. The number of thioether (sulfide) groups is 1. The Balaban J connectivity index is 1.94. The number of hydrogen-bond donors (Lipinski definition) is 2. The number of aliphatic hydroxyl groups is 1. The molecule has 1 spiro atoms. The van der Waals surface area contributed by atoms with Gasteiger partial charge in [0.25, 0.3) is 0 Å². The van der Waals surface area contributed by atoms with Gasteiger partial charge >= 0.3 is 0 Å². The number of piperidine rings is 1. The van der Waals surface area contributed by atoms with E-state index in [1.165, 1.54) is 5.75 Å². The molecule has 1 amide bonds. The average Bonchev–Trinajstić information content (AvgIpc) is 2.80. The van der Waals surface area contributed by atoms with Crippen LogP contribution in [0.2, 0.25) is 0 Å². The number of hydrogen-bond acceptors (Lipinski definition) is 5. The molecule has 0 aromatic carbocycles. The number of amides is 1. The van der Waals surface area contributed by atoms with Crippen LogP contribution in [0.4, 0.5) is 0 Å². The highest BCUT2D eigenvalue weighted by Crippen LogP contribution is 2.44. The number of likely N-dealkylation sites (tertiary alicyclic amines) is 1. The van der Waals surface area contributed by atoms with Gasteiger partial charge in [0.2, 0.25) is 5.91 Å². The van der Waals surface area contributed by atoms with Crippen molar-refractivity contribution in [3.63, 3.8) is 0 Å². The van der Waals surface area contributed by atoms with E-state index in [4.69, 9.17) is 5.73 Å². The molecule has 0 unspecified atom stereocenters. The Morgan fingerprint density at radius 3 is 2.43 bits per heavy atom. The predicted molar refractivity (Wildman–Crippen MR) is 87.1 cm³/mol. The van der Waals surface area contributed by atoms with Crippen LogP contribution in [0, 0.1) is 5.92 Å². The summed E-state index contributed by atoms with van der Waals surface area (Å²) in [5, 5.41) is 9.48. The van der Waals surface area contributed by atoms with Gasteiger partial charge < -0.3 is 15.7 Å². The molecule has 0 saturated carbocycles. The van der Waals surface area contributed by atoms with Crippen molar-refractivity contribution in [3.8, 4) is 0 Å². The van der Waals surface area contributed by atoms with E-state index in [0.717, 1.165) is 39.0 Å². The Hall–Kier alpha value is -0.300. The van der Waals surface area contributed by atoms with Gasteiger partial charge in [0.15, 0.2) is 0 Å². The zero-order chi connectivity index (χ0) is 15.6. The molecule has 6 heteroatoms. The summed E-state index contributed by atoms with van der Waals surface area (Å²) in [6.07, 6.45) is 1.22. The lowest BCUT2D eigenvalue weighted by atomic mass is 9.99. The molecule has 3 N–H and O–H groups in total. The molecule has 122 valence electrons. The summed E-state index contributed by atoms with van der Waals surface area (Å²) in [5.74, 6) is 1.75. The van der Waals surface area contributed by atoms with Crippen LogP contribution in [0.5, 0.6) is 0 Å². The second-order valence-electron chi connectivity index (χ2n) is 6.73. The summed E-state index contributed by atoms with van der Waals surface area (Å²) in [6.45, 7) is 9.89. The second-order valence-corrected chi connectivity index (χ2v) is 8.18. The number of nitrogens with zero attached hydrogens (tertiary/aromatic N) is 2. The van der Waals surface area contributed by atoms with Crippen molar-refractivity contribution in [2.45, 2.75) is 50.6 Å². The van der Waals surface area contributed by atoms with E-state index in [1.54, 1.807) is 6.92 Å². The third-order valence-electron chi connectivity index (χ3n) is 4.56. The Kier molecular flexibility index (Phi) is 5.57. The van der Waals surface area contributed by atoms with Gasteiger partial charge in [-0.1, -0.05) is 13.8 Å². The molecule has 0 aliphatic carbocycles. The van der Waals surface area contributed by atoms with Crippen molar-refractivity contribution in [2.75, 3.05) is 31.9 Å². The maximum atomic E-state index is 12.2. The first-order valence-corrected chi connectivity index (χ1v) is 8.96. The minimum atomic E-state index is -0.790. The maximum Gasteiger partial charge on any atom is 0.242 e. The van der Waals surface area contributed by atoms with E-state index in [1.807, 2.05) is 4.90 Å². The van der Waals surface area contributed by atoms with Crippen LogP contribution in [-0.4, -0.2) is 69.8 Å². The second kappa shape index (κ2) is 6.86. The smallest absolute Gasteiger partial charge is 0.242 e. The number of carbonyl (C=O) groups excluding carboxylic acids is 1. The highest BCUT2D eigenvalue weighted by molar-refractivity contribution is 8.00. The molecule has 2 aliphatic rings. The van der Waals surface area contributed by atoms with Crippen molar-refractivity contribution in [1.82, 2.24) is 9.80 Å². The molecular weight excluding hydrogens is 286 g/mol. The Morgan fingerprint density at radius 1 is 1.29 bits per heavy atom. The standard InChI is InChI=1S/C15H29N3O2S/c1-11(2)10-18-8-9-21-15(18)4-6-17(7-5-15)14(20)13(16)12(3)19/h11-13,19H,4-10,16H2,1-3H3/t12-,13+/m1/s1. The Morgan fingerprint density at radius 2 is 1.90 bits per heavy atom. The summed E-state index contributed by atoms with van der Waals surface area (Å²) in [7, 11) is 0. The topological polar surface area (TPSA) is 69.8 Å². The SMILES string of the molecule is CC(C)CN1CCSC12CCN(C(=O)[C@@H](N)[C@@H](C)O)CC2. The fourth-order valence-corrected chi connectivity index (χ4v) is 4.80. The predicted octanol–water partition coefficient (Wildman–Crippen LogP) is 0.718. The van der Waals surface area contributed by atoms with Gasteiger partial charge in [0.1, 0.15) is 6.04 Å². The molecule has 2 fully saturated rings. The van der Waals surface area contributed by atoms with E-state index < -0.39 is 12.1 Å². The van der Waals surface area contributed by atoms with E-state index in [2.05, 4.69) is 30.5 Å². The van der Waals surface area contributed by atoms with Gasteiger partial charge in [-0.15, -0.1) is 11.8 Å². The quantitative estimate of drug-likeness (QED) is 0.800. The van der Waals surface area contributed by atoms with E-state index >= 15 is 0 Å². The lowest BCUT2D eigenvalue weighted by Gasteiger charge is -2.45. The fraction of sp³-hybridized carbons (Fsp3) is 0.933. The number of nitrogens with two attached hydrogens (primary N) is 1. The Labute approximate surface area is 132 Å². The molecule has 0 aromatic rings. The largest absolute Gasteiger partial charge is 0.391 e. The van der Waals surface area contributed by atoms with Gasteiger partial charge in [-0.25, -0.2) is 0 Å². The molecule has 2 atom stereocenters. The third-order valence-corrected chi connectivity index (χ3v) is 6.15. The summed E-state index contributed by atoms with van der Waals surface area (Å²) in [5.41, 5.74) is 5.77. The Bertz CT molecular complexity index is 368. The van der Waals surface area contributed by atoms with E-state index in [9.17, 15) is 9.90 Å². The zero-order valence-electron chi connectivity index (χ0n) is 13.4. The van der Waals surface area contributed by atoms with Crippen LogP contribution in [-0.2, 0) is 4.79 Å². The van der Waals surface area contributed by atoms with Crippen LogP contribution in [0.15, 0.2) is 0 Å². The molecule has 0 radical (unpaired) electrons. The number of aliphatic hydroxyl groups excluding tert-OH is 1. The summed E-state index contributed by atoms with van der Waals surface area (Å²) < 4.78 is 0. The highest BCUT2D eigenvalue weighted by atomic mass is 32.2. The van der Waals surface area contributed by atoms with Gasteiger partial charge in [0, 0.05) is 31.9 Å². The van der Waals surface area contributed by atoms with Gasteiger partial charge in [0.05, 0.1) is 11.0 Å². The summed E-state index contributed by atoms with van der Waals surface area (Å²) in [4.78, 5) is 16.9. The van der Waals surface area contributed by atoms with Crippen LogP contribution < -0.4 is 5.73 Å². The molecular formula is C15H29N3O2S. The fourth-order valence-electron chi connectivity index (χ4n) is 3.29. The third kappa shape index (κ3) is 3.73. The van der Waals surface area contributed by atoms with Crippen molar-refractivity contribution in [1.29, 1.82) is 0 Å². The highest BCUT2D eigenvalue weighted by Gasteiger charge is 2.45. The first kappa shape index (κ1) is 17.1. The average molecular weight is 315 g/mol. The van der Waals surface area contributed by atoms with Crippen LogP contribution in [0.1, 0.15) is 33.6 Å². The first-order valence-electron chi connectivity index (χ1n) is 7.97. The molecule has 0 aromatic heterocycles. The van der Waals surface area contributed by atoms with Crippen molar-refractivity contribution < 1.29 is 9.90 Å². The van der Waals surface area contributed by atoms with E-state index in [-0.39, 0.29) is 10.8 Å². The van der Waals surface area contributed by atoms with E-state index in [0.29, 0.717) is 5.92 Å². The molecule has 21 heavy (non-hydrogen) atoms. The molecule has 2 heterocycles. The van der Waals surface area contributed by atoms with Gasteiger partial charge in [-0.2, -0.15) is 0 Å². The van der Waals surface area contributed by atoms with Gasteiger partial charge in [-0.05, 0) is 25.7 Å². The van der Waals surface area contributed by atoms with Crippen molar-refractivity contribution >= 4 is 17.7 Å². The lowest BCUT2D eigenvalue weighted by molar-refractivity contribution is -0.136. The minimum Gasteiger partial charge on any atom is -0.391 e. The molecule has 0 bridgehead atoms. The van der Waals surface area contributed by atoms with Crippen molar-refractivity contribution in [3.05, 3.63) is 0 Å². The zero-order valence-corrected chi connectivity index (χ0v) is 14.2. The monoisotopic (exact) mass is 315 g/mol. The maximum absolute atomic E-state index is 12.2.